The summed E-state index contributed by atoms with van der Waals surface area (Å²) in [6, 6.07) is 3.34. The molecule has 0 radical (unpaired) electrons. The lowest BCUT2D eigenvalue weighted by Gasteiger charge is -2.35. The Morgan fingerprint density at radius 1 is 1.00 bits per heavy atom. The average Bonchev–Trinajstić information content (AvgIpc) is 3.53. The van der Waals surface area contributed by atoms with Crippen LogP contribution in [0.5, 0.6) is 0 Å². The highest BCUT2D eigenvalue weighted by Gasteiger charge is 2.44. The van der Waals surface area contributed by atoms with Crippen molar-refractivity contribution in [2.45, 2.75) is 37.5 Å². The number of amides is 1. The van der Waals surface area contributed by atoms with E-state index in [0.29, 0.717) is 24.4 Å². The molecule has 4 rings (SSSR count). The Labute approximate surface area is 219 Å². The number of hydrogen-bond donors (Lipinski definition) is 2. The van der Waals surface area contributed by atoms with E-state index >= 15 is 0 Å². The summed E-state index contributed by atoms with van der Waals surface area (Å²) in [5.74, 6) is -3.56. The minimum Gasteiger partial charge on any atom is -0.381 e. The van der Waals surface area contributed by atoms with E-state index in [0.717, 1.165) is 41.6 Å². The van der Waals surface area contributed by atoms with Crippen LogP contribution in [0, 0.1) is 11.6 Å². The minimum atomic E-state index is -5.20. The molecule has 0 saturated carbocycles. The Kier molecular flexibility index (Phi) is 7.40. The molecule has 0 bridgehead atoms. The molecule has 2 aromatic carbocycles. The lowest BCUT2D eigenvalue weighted by molar-refractivity contribution is -0.143. The highest BCUT2D eigenvalue weighted by molar-refractivity contribution is 5.95. The van der Waals surface area contributed by atoms with Crippen molar-refractivity contribution >= 4 is 5.91 Å². The van der Waals surface area contributed by atoms with Crippen LogP contribution < -0.4 is 5.32 Å². The van der Waals surface area contributed by atoms with Gasteiger partial charge in [-0.25, -0.2) is 23.1 Å². The summed E-state index contributed by atoms with van der Waals surface area (Å²) in [5.41, 5.74) is -7.02. The van der Waals surface area contributed by atoms with Crippen molar-refractivity contribution in [1.82, 2.24) is 29.9 Å². The first-order chi connectivity index (χ1) is 18.6. The molecule has 212 valence electrons. The quantitative estimate of drug-likeness (QED) is 0.317. The van der Waals surface area contributed by atoms with Gasteiger partial charge >= 0.3 is 12.4 Å². The molecule has 0 aliphatic carbocycles. The minimum absolute atomic E-state index is 0.251. The Morgan fingerprint density at radius 2 is 1.68 bits per heavy atom. The number of nitrogens with zero attached hydrogens (tertiary/aromatic N) is 5. The highest BCUT2D eigenvalue weighted by atomic mass is 19.4. The van der Waals surface area contributed by atoms with E-state index in [1.165, 1.54) is 6.92 Å². The summed E-state index contributed by atoms with van der Waals surface area (Å²) in [6.45, 7) is 0.624. The van der Waals surface area contributed by atoms with Gasteiger partial charge in [0.25, 0.3) is 5.91 Å². The Bertz CT molecular complexity index is 1500. The molecular weight excluding hydrogens is 556 g/mol. The van der Waals surface area contributed by atoms with Gasteiger partial charge in [0.15, 0.2) is 5.69 Å². The molecule has 0 saturated heterocycles. The summed E-state index contributed by atoms with van der Waals surface area (Å²) in [4.78, 5) is 16.8. The van der Waals surface area contributed by atoms with E-state index in [4.69, 9.17) is 0 Å². The Balaban J connectivity index is 1.70. The second kappa shape index (κ2) is 10.3. The number of hydrogen-bond acceptors (Lipinski definition) is 5. The van der Waals surface area contributed by atoms with Gasteiger partial charge in [-0.3, -0.25) is 4.79 Å². The van der Waals surface area contributed by atoms with Gasteiger partial charge in [-0.2, -0.15) is 36.5 Å². The highest BCUT2D eigenvalue weighted by Crippen LogP contribution is 2.36. The first-order valence-corrected chi connectivity index (χ1v) is 11.3. The van der Waals surface area contributed by atoms with Crippen molar-refractivity contribution in [2.75, 3.05) is 0 Å². The smallest absolute Gasteiger partial charge is 0.381 e. The second-order valence-corrected chi connectivity index (χ2v) is 8.70. The van der Waals surface area contributed by atoms with Crippen molar-refractivity contribution in [2.24, 2.45) is 0 Å². The molecule has 2 atom stereocenters. The topological polar surface area (TPSA) is 97.9 Å². The number of carbonyl (C=O) groups excluding carboxylic acids is 1. The van der Waals surface area contributed by atoms with E-state index < -0.39 is 76.2 Å². The van der Waals surface area contributed by atoms with Crippen LogP contribution in [-0.4, -0.2) is 41.6 Å². The zero-order chi connectivity index (χ0) is 29.5. The SMILES string of the molecule is CC(NC(=O)c1cnn(-c2ccc(C(F)(F)F)cc2)c1C(F)(F)F)C(O)(Cn1cncn1)c1ccc(F)cc1F. The number of aliphatic hydroxyl groups is 1. The monoisotopic (exact) mass is 574 g/mol. The van der Waals surface area contributed by atoms with Crippen molar-refractivity contribution in [3.8, 4) is 5.69 Å². The maximum Gasteiger partial charge on any atom is 0.434 e. The first-order valence-electron chi connectivity index (χ1n) is 11.3. The molecular formula is C24H18F8N6O2. The van der Waals surface area contributed by atoms with E-state index in [1.807, 2.05) is 0 Å². The van der Waals surface area contributed by atoms with Gasteiger partial charge in [-0.1, -0.05) is 6.07 Å². The van der Waals surface area contributed by atoms with Gasteiger partial charge in [-0.15, -0.1) is 0 Å². The maximum absolute atomic E-state index is 14.7. The van der Waals surface area contributed by atoms with Crippen LogP contribution in [0.2, 0.25) is 0 Å². The predicted molar refractivity (Wildman–Crippen MR) is 121 cm³/mol. The molecule has 0 spiro atoms. The summed E-state index contributed by atoms with van der Waals surface area (Å²) in [6.07, 6.45) is -7.14. The van der Waals surface area contributed by atoms with E-state index in [2.05, 4.69) is 20.5 Å². The third-order valence-electron chi connectivity index (χ3n) is 6.05. The molecule has 0 aliphatic rings. The van der Waals surface area contributed by atoms with E-state index in [9.17, 15) is 45.0 Å². The van der Waals surface area contributed by atoms with Gasteiger partial charge in [0.05, 0.1) is 35.6 Å². The predicted octanol–water partition coefficient (Wildman–Crippen LogP) is 4.49. The fraction of sp³-hybridized carbons (Fsp3) is 0.250. The summed E-state index contributed by atoms with van der Waals surface area (Å²) < 4.78 is 110. The van der Waals surface area contributed by atoms with Gasteiger partial charge < -0.3 is 10.4 Å². The Morgan fingerprint density at radius 3 is 2.23 bits per heavy atom. The van der Waals surface area contributed by atoms with E-state index in [1.54, 1.807) is 0 Å². The van der Waals surface area contributed by atoms with Crippen molar-refractivity contribution < 1.29 is 45.0 Å². The summed E-state index contributed by atoms with van der Waals surface area (Å²) in [5, 5.41) is 21.0. The molecule has 2 unspecified atom stereocenters. The van der Waals surface area contributed by atoms with Crippen LogP contribution in [0.1, 0.15) is 34.1 Å². The summed E-state index contributed by atoms with van der Waals surface area (Å²) >= 11 is 0. The Hall–Kier alpha value is -4.34. The molecule has 1 amide bonds. The molecule has 40 heavy (non-hydrogen) atoms. The van der Waals surface area contributed by atoms with Gasteiger partial charge in [0.1, 0.15) is 29.9 Å². The van der Waals surface area contributed by atoms with Crippen molar-refractivity contribution in [3.63, 3.8) is 0 Å². The van der Waals surface area contributed by atoms with Gasteiger partial charge in [0.2, 0.25) is 0 Å². The first kappa shape index (κ1) is 28.7. The largest absolute Gasteiger partial charge is 0.434 e. The molecule has 16 heteroatoms. The van der Waals surface area contributed by atoms with Crippen molar-refractivity contribution in [3.05, 3.63) is 95.3 Å². The number of alkyl halides is 6. The molecule has 2 heterocycles. The molecule has 8 nitrogen and oxygen atoms in total. The molecule has 0 aliphatic heterocycles. The lowest BCUT2D eigenvalue weighted by atomic mass is 9.86. The second-order valence-electron chi connectivity index (χ2n) is 8.70. The van der Waals surface area contributed by atoms with E-state index in [-0.39, 0.29) is 4.68 Å². The number of halogens is 8. The normalized spacial score (nSPS) is 14.6. The van der Waals surface area contributed by atoms with Crippen LogP contribution in [0.25, 0.3) is 5.69 Å². The zero-order valence-electron chi connectivity index (χ0n) is 20.2. The molecule has 0 fully saturated rings. The number of carbonyl (C=O) groups is 1. The molecule has 4 aromatic rings. The standard InChI is InChI=1S/C24H18F8N6O2/c1-13(22(40,10-37-12-33-11-35-37)18-7-4-15(25)8-19(18)26)36-21(39)17-9-34-38(20(17)24(30,31)32)16-5-2-14(3-6-16)23(27,28)29/h2-9,11-13,40H,10H2,1H3,(H,36,39). The zero-order valence-corrected chi connectivity index (χ0v) is 20.2. The van der Waals surface area contributed by atoms with Crippen LogP contribution >= 0.6 is 0 Å². The lowest BCUT2D eigenvalue weighted by Crippen LogP contribution is -2.52. The summed E-state index contributed by atoms with van der Waals surface area (Å²) in [7, 11) is 0. The number of aromatic nitrogens is 5. The molecule has 2 aromatic heterocycles. The third-order valence-corrected chi connectivity index (χ3v) is 6.05. The van der Waals surface area contributed by atoms with Gasteiger partial charge in [-0.05, 0) is 37.3 Å². The van der Waals surface area contributed by atoms with Crippen LogP contribution in [0.15, 0.2) is 61.3 Å². The van der Waals surface area contributed by atoms with Crippen LogP contribution in [0.4, 0.5) is 35.1 Å². The number of nitrogens with one attached hydrogen (secondary N) is 1. The average molecular weight is 574 g/mol. The van der Waals surface area contributed by atoms with Crippen LogP contribution in [0.3, 0.4) is 0 Å². The van der Waals surface area contributed by atoms with Crippen molar-refractivity contribution in [1.29, 1.82) is 0 Å². The fourth-order valence-corrected chi connectivity index (χ4v) is 4.03. The number of benzene rings is 2. The molecule has 2 N–H and O–H groups in total. The van der Waals surface area contributed by atoms with Gasteiger partial charge in [0, 0.05) is 11.6 Å². The number of rotatable bonds is 7. The third kappa shape index (κ3) is 5.66. The fourth-order valence-electron chi connectivity index (χ4n) is 4.03. The maximum atomic E-state index is 14.7. The van der Waals surface area contributed by atoms with Crippen LogP contribution in [-0.2, 0) is 24.5 Å².